The summed E-state index contributed by atoms with van der Waals surface area (Å²) in [5.74, 6) is 0.213. The number of rotatable bonds is 13. The van der Waals surface area contributed by atoms with E-state index in [1.54, 1.807) is 0 Å². The first kappa shape index (κ1) is 26.8. The Balaban J connectivity index is 1.26. The van der Waals surface area contributed by atoms with Crippen LogP contribution in [0.5, 0.6) is 0 Å². The summed E-state index contributed by atoms with van der Waals surface area (Å²) < 4.78 is 0. The monoisotopic (exact) mass is 521 g/mol. The van der Waals surface area contributed by atoms with E-state index in [4.69, 9.17) is 4.84 Å². The molecule has 0 atom stereocenters. The fourth-order valence-electron chi connectivity index (χ4n) is 5.76. The molecule has 0 aliphatic heterocycles. The molecule has 5 nitrogen and oxygen atoms in total. The van der Waals surface area contributed by atoms with E-state index in [-0.39, 0.29) is 11.8 Å². The zero-order valence-corrected chi connectivity index (χ0v) is 23.1. The Morgan fingerprint density at radius 2 is 1.38 bits per heavy atom. The molecular formula is C34H39N3O2. The zero-order valence-electron chi connectivity index (χ0n) is 23.1. The molecule has 0 fully saturated rings. The van der Waals surface area contributed by atoms with Crippen molar-refractivity contribution in [2.45, 2.75) is 71.3 Å². The van der Waals surface area contributed by atoms with Crippen molar-refractivity contribution in [2.75, 3.05) is 0 Å². The smallest absolute Gasteiger partial charge is 0.243 e. The number of hydrogen-bond donors (Lipinski definition) is 3. The third-order valence-electron chi connectivity index (χ3n) is 7.84. The SMILES string of the molecule is CCc1cccc2c(C(CCCCCC(=O)NOCc3ccccc3)c3c[nH]c4c(CC)cccc34)c[nH]c12. The quantitative estimate of drug-likeness (QED) is 0.108. The zero-order chi connectivity index (χ0) is 27.0. The maximum Gasteiger partial charge on any atom is 0.243 e. The predicted molar refractivity (Wildman–Crippen MR) is 160 cm³/mol. The number of aromatic nitrogens is 2. The molecule has 0 bridgehead atoms. The number of carbonyl (C=O) groups is 1. The summed E-state index contributed by atoms with van der Waals surface area (Å²) >= 11 is 0. The van der Waals surface area contributed by atoms with Crippen molar-refractivity contribution in [2.24, 2.45) is 0 Å². The summed E-state index contributed by atoms with van der Waals surface area (Å²) in [6.07, 6.45) is 10.8. The lowest BCUT2D eigenvalue weighted by Gasteiger charge is -2.17. The second-order valence-corrected chi connectivity index (χ2v) is 10.3. The van der Waals surface area contributed by atoms with Gasteiger partial charge in [-0.05, 0) is 53.5 Å². The summed E-state index contributed by atoms with van der Waals surface area (Å²) in [4.78, 5) is 24.8. The number of aryl methyl sites for hydroxylation is 2. The third kappa shape index (κ3) is 6.10. The Kier molecular flexibility index (Phi) is 8.79. The van der Waals surface area contributed by atoms with E-state index in [0.29, 0.717) is 13.0 Å². The molecule has 0 spiro atoms. The summed E-state index contributed by atoms with van der Waals surface area (Å²) in [7, 11) is 0. The van der Waals surface area contributed by atoms with Gasteiger partial charge in [-0.15, -0.1) is 0 Å². The predicted octanol–water partition coefficient (Wildman–Crippen LogP) is 8.10. The van der Waals surface area contributed by atoms with Crippen LogP contribution in [0, 0.1) is 0 Å². The average molecular weight is 522 g/mol. The van der Waals surface area contributed by atoms with Gasteiger partial charge in [-0.25, -0.2) is 5.48 Å². The van der Waals surface area contributed by atoms with Crippen molar-refractivity contribution in [3.63, 3.8) is 0 Å². The van der Waals surface area contributed by atoms with Gasteiger partial charge in [0.2, 0.25) is 5.91 Å². The Bertz CT molecular complexity index is 1430. The maximum absolute atomic E-state index is 12.3. The first-order valence-corrected chi connectivity index (χ1v) is 14.3. The lowest BCUT2D eigenvalue weighted by Crippen LogP contribution is -2.23. The normalized spacial score (nSPS) is 11.6. The number of aromatic amines is 2. The second-order valence-electron chi connectivity index (χ2n) is 10.3. The molecule has 2 heterocycles. The number of amides is 1. The van der Waals surface area contributed by atoms with Gasteiger partial charge in [0.05, 0.1) is 6.61 Å². The van der Waals surface area contributed by atoms with Crippen LogP contribution in [0.1, 0.15) is 79.7 Å². The van der Waals surface area contributed by atoms with Crippen molar-refractivity contribution < 1.29 is 9.63 Å². The third-order valence-corrected chi connectivity index (χ3v) is 7.84. The van der Waals surface area contributed by atoms with Crippen molar-refractivity contribution in [1.29, 1.82) is 0 Å². The lowest BCUT2D eigenvalue weighted by molar-refractivity contribution is -0.134. The van der Waals surface area contributed by atoms with Gasteiger partial charge >= 0.3 is 0 Å². The Labute approximate surface area is 230 Å². The number of hydroxylamine groups is 1. The van der Waals surface area contributed by atoms with Gasteiger partial charge in [0, 0.05) is 46.5 Å². The molecule has 3 aromatic carbocycles. The van der Waals surface area contributed by atoms with Crippen LogP contribution < -0.4 is 5.48 Å². The van der Waals surface area contributed by atoms with Gasteiger partial charge in [0.25, 0.3) is 0 Å². The van der Waals surface area contributed by atoms with Crippen LogP contribution in [0.25, 0.3) is 21.8 Å². The van der Waals surface area contributed by atoms with Crippen molar-refractivity contribution in [1.82, 2.24) is 15.4 Å². The van der Waals surface area contributed by atoms with Crippen LogP contribution >= 0.6 is 0 Å². The molecule has 1 amide bonds. The van der Waals surface area contributed by atoms with Gasteiger partial charge in [0.1, 0.15) is 0 Å². The molecule has 0 aliphatic rings. The van der Waals surface area contributed by atoms with E-state index in [1.165, 1.54) is 44.1 Å². The molecular weight excluding hydrogens is 482 g/mol. The molecule has 39 heavy (non-hydrogen) atoms. The van der Waals surface area contributed by atoms with E-state index < -0.39 is 0 Å². The molecule has 2 aromatic heterocycles. The molecule has 0 unspecified atom stereocenters. The standard InChI is InChI=1S/C34H39N3O2/c1-3-25-15-11-18-28-30(21-35-33(25)28)27(31-22-36-34-26(4-2)16-12-19-29(31)34)17-9-6-10-20-32(38)37-39-23-24-13-7-5-8-14-24/h5,7-8,11-16,18-19,21-22,27,35-36H,3-4,6,9-10,17,20,23H2,1-2H3,(H,37,38). The molecule has 0 radical (unpaired) electrons. The molecule has 5 rings (SSSR count). The van der Waals surface area contributed by atoms with Gasteiger partial charge in [-0.3, -0.25) is 9.63 Å². The van der Waals surface area contributed by atoms with Gasteiger partial charge in [-0.2, -0.15) is 0 Å². The Morgan fingerprint density at radius 1 is 0.769 bits per heavy atom. The lowest BCUT2D eigenvalue weighted by atomic mass is 9.85. The number of hydrogen-bond acceptors (Lipinski definition) is 2. The van der Waals surface area contributed by atoms with Crippen LogP contribution in [-0.4, -0.2) is 15.9 Å². The molecule has 3 N–H and O–H groups in total. The number of nitrogens with one attached hydrogen (secondary N) is 3. The number of H-pyrrole nitrogens is 2. The van der Waals surface area contributed by atoms with Gasteiger partial charge in [-0.1, -0.05) is 93.4 Å². The highest BCUT2D eigenvalue weighted by molar-refractivity contribution is 5.90. The first-order chi connectivity index (χ1) is 19.2. The van der Waals surface area contributed by atoms with Crippen LogP contribution in [0.4, 0.5) is 0 Å². The van der Waals surface area contributed by atoms with Crippen molar-refractivity contribution in [3.05, 3.63) is 107 Å². The molecule has 0 saturated carbocycles. The average Bonchev–Trinajstić information content (AvgIpc) is 3.60. The van der Waals surface area contributed by atoms with E-state index >= 15 is 0 Å². The fraction of sp³-hybridized carbons (Fsp3) is 0.324. The van der Waals surface area contributed by atoms with Crippen molar-refractivity contribution in [3.8, 4) is 0 Å². The summed E-state index contributed by atoms with van der Waals surface area (Å²) in [6.45, 7) is 4.80. The van der Waals surface area contributed by atoms with Crippen LogP contribution in [0.2, 0.25) is 0 Å². The molecule has 202 valence electrons. The Morgan fingerprint density at radius 3 is 1.97 bits per heavy atom. The van der Waals surface area contributed by atoms with E-state index in [1.807, 2.05) is 30.3 Å². The van der Waals surface area contributed by atoms with Crippen LogP contribution in [-0.2, 0) is 29.1 Å². The minimum Gasteiger partial charge on any atom is -0.361 e. The highest BCUT2D eigenvalue weighted by atomic mass is 16.6. The van der Waals surface area contributed by atoms with E-state index in [9.17, 15) is 4.79 Å². The number of benzene rings is 3. The summed E-state index contributed by atoms with van der Waals surface area (Å²) in [6, 6.07) is 23.1. The topological polar surface area (TPSA) is 69.9 Å². The molecule has 0 aliphatic carbocycles. The highest BCUT2D eigenvalue weighted by Gasteiger charge is 2.22. The van der Waals surface area contributed by atoms with Crippen LogP contribution in [0.3, 0.4) is 0 Å². The number of fused-ring (bicyclic) bond motifs is 2. The number of unbranched alkanes of at least 4 members (excludes halogenated alkanes) is 2. The molecule has 5 aromatic rings. The first-order valence-electron chi connectivity index (χ1n) is 14.3. The number of carbonyl (C=O) groups excluding carboxylic acids is 1. The van der Waals surface area contributed by atoms with Crippen molar-refractivity contribution >= 4 is 27.7 Å². The van der Waals surface area contributed by atoms with Gasteiger partial charge < -0.3 is 9.97 Å². The summed E-state index contributed by atoms with van der Waals surface area (Å²) in [5.41, 5.74) is 11.5. The minimum absolute atomic E-state index is 0.0603. The Hall–Kier alpha value is -3.83. The van der Waals surface area contributed by atoms with E-state index in [2.05, 4.69) is 78.1 Å². The maximum atomic E-state index is 12.3. The fourth-order valence-corrected chi connectivity index (χ4v) is 5.76. The molecule has 5 heteroatoms. The van der Waals surface area contributed by atoms with E-state index in [0.717, 1.165) is 44.1 Å². The minimum atomic E-state index is -0.0603. The summed E-state index contributed by atoms with van der Waals surface area (Å²) in [5, 5.41) is 2.63. The van der Waals surface area contributed by atoms with Crippen LogP contribution in [0.15, 0.2) is 79.1 Å². The van der Waals surface area contributed by atoms with Gasteiger partial charge in [0.15, 0.2) is 0 Å². The molecule has 0 saturated heterocycles. The number of para-hydroxylation sites is 2. The second kappa shape index (κ2) is 12.8. The highest BCUT2D eigenvalue weighted by Crippen LogP contribution is 2.39. The largest absolute Gasteiger partial charge is 0.361 e.